The van der Waals surface area contributed by atoms with Crippen LogP contribution >= 0.6 is 0 Å². The molecule has 1 unspecified atom stereocenters. The van der Waals surface area contributed by atoms with Crippen LogP contribution in [-0.4, -0.2) is 37.2 Å². The van der Waals surface area contributed by atoms with Crippen molar-refractivity contribution in [3.05, 3.63) is 60.8 Å². The summed E-state index contributed by atoms with van der Waals surface area (Å²) in [6.45, 7) is 6.58. The van der Waals surface area contributed by atoms with Crippen LogP contribution in [0.1, 0.15) is 387 Å². The zero-order valence-corrected chi connectivity index (χ0v) is 55.0. The maximum absolute atomic E-state index is 13.0. The molecule has 82 heavy (non-hydrogen) atoms. The molecule has 0 aliphatic rings. The van der Waals surface area contributed by atoms with Crippen molar-refractivity contribution in [2.75, 3.05) is 13.2 Å². The van der Waals surface area contributed by atoms with Crippen LogP contribution in [0.25, 0.3) is 0 Å². The molecule has 0 rings (SSSR count). The van der Waals surface area contributed by atoms with Crippen molar-refractivity contribution in [3.63, 3.8) is 0 Å². The highest BCUT2D eigenvalue weighted by Gasteiger charge is 2.19. The van der Waals surface area contributed by atoms with Crippen LogP contribution in [0.3, 0.4) is 0 Å². The third-order valence-electron chi connectivity index (χ3n) is 16.3. The maximum atomic E-state index is 13.0. The highest BCUT2D eigenvalue weighted by Crippen LogP contribution is 2.19. The van der Waals surface area contributed by atoms with Gasteiger partial charge in [-0.2, -0.15) is 0 Å². The molecule has 0 radical (unpaired) electrons. The molecule has 0 aliphatic heterocycles. The molecule has 0 heterocycles. The Balaban J connectivity index is 4.25. The van der Waals surface area contributed by atoms with Gasteiger partial charge in [0.05, 0.1) is 0 Å². The van der Waals surface area contributed by atoms with Gasteiger partial charge in [-0.1, -0.05) is 345 Å². The molecule has 0 saturated heterocycles. The van der Waals surface area contributed by atoms with Gasteiger partial charge in [0.2, 0.25) is 0 Å². The molecule has 0 aromatic carbocycles. The number of allylic oxidation sites excluding steroid dienone is 10. The number of unbranched alkanes of at least 4 members (excludes halogenated alkanes) is 46. The summed E-state index contributed by atoms with van der Waals surface area (Å²) in [7, 11) is 0. The second-order valence-electron chi connectivity index (χ2n) is 24.5. The minimum Gasteiger partial charge on any atom is -0.462 e. The summed E-state index contributed by atoms with van der Waals surface area (Å²) in [6.07, 6.45) is 91.1. The Morgan fingerprint density at radius 3 is 0.756 bits per heavy atom. The second-order valence-corrected chi connectivity index (χ2v) is 24.5. The monoisotopic (exact) mass is 1150 g/mol. The normalized spacial score (nSPS) is 12.4. The van der Waals surface area contributed by atoms with Gasteiger partial charge in [-0.05, 0) is 83.5 Å². The first-order valence-corrected chi connectivity index (χ1v) is 36.3. The fourth-order valence-corrected chi connectivity index (χ4v) is 10.8. The van der Waals surface area contributed by atoms with Gasteiger partial charge in [-0.25, -0.2) is 0 Å². The van der Waals surface area contributed by atoms with E-state index >= 15 is 0 Å². The van der Waals surface area contributed by atoms with E-state index in [0.29, 0.717) is 19.3 Å². The van der Waals surface area contributed by atoms with Crippen molar-refractivity contribution in [1.29, 1.82) is 0 Å². The Morgan fingerprint density at radius 2 is 0.476 bits per heavy atom. The number of hydrogen-bond acceptors (Lipinski definition) is 6. The zero-order chi connectivity index (χ0) is 59.2. The maximum Gasteiger partial charge on any atom is 0.306 e. The molecular formula is C76H138O6. The van der Waals surface area contributed by atoms with E-state index in [0.717, 1.165) is 89.9 Å². The smallest absolute Gasteiger partial charge is 0.306 e. The third kappa shape index (κ3) is 67.9. The van der Waals surface area contributed by atoms with E-state index < -0.39 is 6.10 Å². The number of carbonyl (C=O) groups is 3. The van der Waals surface area contributed by atoms with Crippen molar-refractivity contribution in [1.82, 2.24) is 0 Å². The average Bonchev–Trinajstić information content (AvgIpc) is 3.48. The van der Waals surface area contributed by atoms with Gasteiger partial charge in [0.15, 0.2) is 6.10 Å². The molecule has 6 heteroatoms. The molecule has 1 atom stereocenters. The van der Waals surface area contributed by atoms with Gasteiger partial charge in [-0.15, -0.1) is 0 Å². The van der Waals surface area contributed by atoms with Crippen LogP contribution in [0.4, 0.5) is 0 Å². The Bertz CT molecular complexity index is 1460. The third-order valence-corrected chi connectivity index (χ3v) is 16.3. The molecule has 0 spiro atoms. The van der Waals surface area contributed by atoms with E-state index in [1.165, 1.54) is 257 Å². The van der Waals surface area contributed by atoms with E-state index in [1.54, 1.807) is 0 Å². The van der Waals surface area contributed by atoms with E-state index in [4.69, 9.17) is 14.2 Å². The van der Waals surface area contributed by atoms with Crippen molar-refractivity contribution >= 4 is 17.9 Å². The number of ether oxygens (including phenoxy) is 3. The molecule has 0 bridgehead atoms. The fraction of sp³-hybridized carbons (Fsp3) is 0.829. The topological polar surface area (TPSA) is 78.9 Å². The van der Waals surface area contributed by atoms with E-state index in [2.05, 4.69) is 81.5 Å². The van der Waals surface area contributed by atoms with Crippen molar-refractivity contribution < 1.29 is 28.6 Å². The molecule has 478 valence electrons. The number of esters is 3. The quantitative estimate of drug-likeness (QED) is 0.0261. The van der Waals surface area contributed by atoms with Crippen LogP contribution in [0.2, 0.25) is 0 Å². The SMILES string of the molecule is CC/C=C\C/C=C\C/C=C\C/C=C\CCCCCCCCCCCCCCCCC(=O)OCC(COC(=O)CCCCCCC/C=C\CCCCCCC)OC(=O)CCCCCCCCCCCCCCCCCCCCCCCCC. The summed E-state index contributed by atoms with van der Waals surface area (Å²) in [5.74, 6) is -0.854. The first kappa shape index (κ1) is 79.1. The molecular weight excluding hydrogens is 1010 g/mol. The van der Waals surface area contributed by atoms with Gasteiger partial charge < -0.3 is 14.2 Å². The van der Waals surface area contributed by atoms with E-state index in [1.807, 2.05) is 0 Å². The molecule has 0 saturated carbocycles. The Morgan fingerprint density at radius 1 is 0.256 bits per heavy atom. The zero-order valence-electron chi connectivity index (χ0n) is 55.0. The lowest BCUT2D eigenvalue weighted by Crippen LogP contribution is -2.30. The summed E-state index contributed by atoms with van der Waals surface area (Å²) in [4.78, 5) is 38.5. The lowest BCUT2D eigenvalue weighted by molar-refractivity contribution is -0.167. The van der Waals surface area contributed by atoms with E-state index in [9.17, 15) is 14.4 Å². The Kier molecular flexibility index (Phi) is 68.1. The lowest BCUT2D eigenvalue weighted by atomic mass is 10.0. The minimum atomic E-state index is -0.776. The van der Waals surface area contributed by atoms with Crippen LogP contribution in [0.5, 0.6) is 0 Å². The van der Waals surface area contributed by atoms with Crippen LogP contribution in [-0.2, 0) is 28.6 Å². The van der Waals surface area contributed by atoms with Gasteiger partial charge >= 0.3 is 17.9 Å². The highest BCUT2D eigenvalue weighted by molar-refractivity contribution is 5.71. The predicted octanol–water partition coefficient (Wildman–Crippen LogP) is 25.1. The highest BCUT2D eigenvalue weighted by atomic mass is 16.6. The Hall–Kier alpha value is -2.89. The van der Waals surface area contributed by atoms with Crippen molar-refractivity contribution in [2.24, 2.45) is 0 Å². The molecule has 0 aromatic heterocycles. The standard InChI is InChI=1S/C76H138O6/c1-4-7-10-13-16-19-22-25-28-30-32-34-36-37-38-39-41-42-44-46-48-51-54-57-60-63-66-69-75(78)81-72-73(71-80-74(77)68-65-62-59-56-53-50-27-24-21-18-15-12-9-6-3)82-76(79)70-67-64-61-58-55-52-49-47-45-43-40-35-33-31-29-26-23-20-17-14-11-8-5-2/h7,10,16,19,24-25,27-28,32,34,73H,4-6,8-9,11-15,17-18,20-23,26,29-31,33,35-72H2,1-3H3/b10-7-,19-16-,27-24-,28-25-,34-32-. The molecule has 0 amide bonds. The van der Waals surface area contributed by atoms with Crippen LogP contribution < -0.4 is 0 Å². The molecule has 0 N–H and O–H groups in total. The summed E-state index contributed by atoms with van der Waals surface area (Å²) in [6, 6.07) is 0. The van der Waals surface area contributed by atoms with Gasteiger partial charge in [-0.3, -0.25) is 14.4 Å². The number of carbonyl (C=O) groups excluding carboxylic acids is 3. The fourth-order valence-electron chi connectivity index (χ4n) is 10.8. The summed E-state index contributed by atoms with van der Waals surface area (Å²) in [5.41, 5.74) is 0. The summed E-state index contributed by atoms with van der Waals surface area (Å²) >= 11 is 0. The number of rotatable bonds is 67. The number of hydrogen-bond donors (Lipinski definition) is 0. The van der Waals surface area contributed by atoms with Crippen LogP contribution in [0.15, 0.2) is 60.8 Å². The predicted molar refractivity (Wildman–Crippen MR) is 358 cm³/mol. The van der Waals surface area contributed by atoms with E-state index in [-0.39, 0.29) is 31.1 Å². The van der Waals surface area contributed by atoms with Gasteiger partial charge in [0.25, 0.3) is 0 Å². The van der Waals surface area contributed by atoms with Gasteiger partial charge in [0.1, 0.15) is 13.2 Å². The van der Waals surface area contributed by atoms with Crippen LogP contribution in [0, 0.1) is 0 Å². The molecule has 0 fully saturated rings. The first-order valence-electron chi connectivity index (χ1n) is 36.3. The second kappa shape index (κ2) is 70.6. The van der Waals surface area contributed by atoms with Gasteiger partial charge in [0, 0.05) is 19.3 Å². The molecule has 6 nitrogen and oxygen atoms in total. The average molecular weight is 1150 g/mol. The minimum absolute atomic E-state index is 0.0722. The molecule has 0 aliphatic carbocycles. The lowest BCUT2D eigenvalue weighted by Gasteiger charge is -2.18. The van der Waals surface area contributed by atoms with Crippen molar-refractivity contribution in [3.8, 4) is 0 Å². The summed E-state index contributed by atoms with van der Waals surface area (Å²) in [5, 5.41) is 0. The Labute approximate surface area is 510 Å². The first-order chi connectivity index (χ1) is 40.5. The summed E-state index contributed by atoms with van der Waals surface area (Å²) < 4.78 is 17.0. The largest absolute Gasteiger partial charge is 0.462 e. The van der Waals surface area contributed by atoms with Crippen molar-refractivity contribution in [2.45, 2.75) is 393 Å². The molecule has 0 aromatic rings.